The standard InChI is InChI=1S/C17H27NOS/c1-4-18-17(15-7-5-13(2)6-8-15)14(3)20-16-9-11-19-12-10-16/h5-8,14,16-18H,4,9-12H2,1-3H3. The number of ether oxygens (including phenoxy) is 1. The monoisotopic (exact) mass is 293 g/mol. The molecule has 0 saturated carbocycles. The largest absolute Gasteiger partial charge is 0.381 e. The highest BCUT2D eigenvalue weighted by Crippen LogP contribution is 2.33. The Morgan fingerprint density at radius 3 is 2.50 bits per heavy atom. The lowest BCUT2D eigenvalue weighted by Crippen LogP contribution is -2.31. The van der Waals surface area contributed by atoms with E-state index in [2.05, 4.69) is 62.1 Å². The van der Waals surface area contributed by atoms with Crippen molar-refractivity contribution in [3.63, 3.8) is 0 Å². The summed E-state index contributed by atoms with van der Waals surface area (Å²) in [6.45, 7) is 9.56. The van der Waals surface area contributed by atoms with Crippen LogP contribution in [0, 0.1) is 6.92 Å². The molecule has 20 heavy (non-hydrogen) atoms. The minimum atomic E-state index is 0.438. The van der Waals surface area contributed by atoms with Gasteiger partial charge in [0.15, 0.2) is 0 Å². The van der Waals surface area contributed by atoms with Gasteiger partial charge in [-0.1, -0.05) is 43.7 Å². The summed E-state index contributed by atoms with van der Waals surface area (Å²) in [6, 6.07) is 9.40. The van der Waals surface area contributed by atoms with Crippen LogP contribution in [-0.2, 0) is 4.74 Å². The molecule has 2 nitrogen and oxygen atoms in total. The van der Waals surface area contributed by atoms with Crippen molar-refractivity contribution in [1.29, 1.82) is 0 Å². The van der Waals surface area contributed by atoms with Gasteiger partial charge in [-0.25, -0.2) is 0 Å². The van der Waals surface area contributed by atoms with Crippen molar-refractivity contribution in [3.05, 3.63) is 35.4 Å². The fraction of sp³-hybridized carbons (Fsp3) is 0.647. The van der Waals surface area contributed by atoms with Crippen molar-refractivity contribution < 1.29 is 4.74 Å². The number of benzene rings is 1. The van der Waals surface area contributed by atoms with E-state index in [1.165, 1.54) is 24.0 Å². The topological polar surface area (TPSA) is 21.3 Å². The van der Waals surface area contributed by atoms with E-state index < -0.39 is 0 Å². The van der Waals surface area contributed by atoms with E-state index in [9.17, 15) is 0 Å². The normalized spacial score (nSPS) is 19.8. The number of hydrogen-bond acceptors (Lipinski definition) is 3. The van der Waals surface area contributed by atoms with E-state index in [1.54, 1.807) is 0 Å². The highest BCUT2D eigenvalue weighted by molar-refractivity contribution is 8.00. The van der Waals surface area contributed by atoms with Crippen LogP contribution in [0.1, 0.15) is 43.9 Å². The van der Waals surface area contributed by atoms with Gasteiger partial charge in [0.2, 0.25) is 0 Å². The van der Waals surface area contributed by atoms with Crippen LogP contribution in [-0.4, -0.2) is 30.3 Å². The molecule has 1 heterocycles. The highest BCUT2D eigenvalue weighted by atomic mass is 32.2. The molecule has 1 aromatic rings. The van der Waals surface area contributed by atoms with Crippen molar-refractivity contribution in [2.24, 2.45) is 0 Å². The number of hydrogen-bond donors (Lipinski definition) is 1. The van der Waals surface area contributed by atoms with Crippen LogP contribution in [0.15, 0.2) is 24.3 Å². The quantitative estimate of drug-likeness (QED) is 0.858. The van der Waals surface area contributed by atoms with Gasteiger partial charge < -0.3 is 10.1 Å². The first-order valence-corrected chi connectivity index (χ1v) is 8.68. The molecule has 0 aromatic heterocycles. The zero-order valence-electron chi connectivity index (χ0n) is 12.9. The molecule has 0 radical (unpaired) electrons. The van der Waals surface area contributed by atoms with Gasteiger partial charge in [-0.3, -0.25) is 0 Å². The van der Waals surface area contributed by atoms with E-state index >= 15 is 0 Å². The lowest BCUT2D eigenvalue weighted by atomic mass is 10.0. The number of thioether (sulfide) groups is 1. The van der Waals surface area contributed by atoms with Gasteiger partial charge in [-0.2, -0.15) is 11.8 Å². The van der Waals surface area contributed by atoms with Gasteiger partial charge in [-0.05, 0) is 31.9 Å². The SMILES string of the molecule is CCNC(c1ccc(C)cc1)C(C)SC1CCOCC1. The predicted molar refractivity (Wildman–Crippen MR) is 88.5 cm³/mol. The van der Waals surface area contributed by atoms with E-state index in [0.29, 0.717) is 11.3 Å². The van der Waals surface area contributed by atoms with Crippen molar-refractivity contribution in [2.45, 2.75) is 50.2 Å². The molecule has 1 aliphatic heterocycles. The molecule has 1 N–H and O–H groups in total. The summed E-state index contributed by atoms with van der Waals surface area (Å²) in [6.07, 6.45) is 2.39. The van der Waals surface area contributed by atoms with Gasteiger partial charge in [0.25, 0.3) is 0 Å². The second-order valence-electron chi connectivity index (χ2n) is 5.60. The molecule has 1 aromatic carbocycles. The Bertz CT molecular complexity index is 386. The lowest BCUT2D eigenvalue weighted by molar-refractivity contribution is 0.0999. The third-order valence-electron chi connectivity index (χ3n) is 3.91. The summed E-state index contributed by atoms with van der Waals surface area (Å²) in [5.41, 5.74) is 2.73. The van der Waals surface area contributed by atoms with Crippen molar-refractivity contribution in [3.8, 4) is 0 Å². The molecule has 0 amide bonds. The second-order valence-corrected chi connectivity index (χ2v) is 7.28. The molecule has 2 rings (SSSR count). The van der Waals surface area contributed by atoms with Gasteiger partial charge in [-0.15, -0.1) is 0 Å². The second kappa shape index (κ2) is 8.06. The first kappa shape index (κ1) is 15.9. The number of nitrogens with one attached hydrogen (secondary N) is 1. The summed E-state index contributed by atoms with van der Waals surface area (Å²) in [4.78, 5) is 0. The molecule has 0 aliphatic carbocycles. The van der Waals surface area contributed by atoms with Crippen molar-refractivity contribution in [1.82, 2.24) is 5.32 Å². The van der Waals surface area contributed by atoms with Crippen molar-refractivity contribution in [2.75, 3.05) is 19.8 Å². The fourth-order valence-corrected chi connectivity index (χ4v) is 4.22. The summed E-state index contributed by atoms with van der Waals surface area (Å²) in [5.74, 6) is 0. The molecule has 0 spiro atoms. The number of aryl methyl sites for hydroxylation is 1. The van der Waals surface area contributed by atoms with E-state index in [-0.39, 0.29) is 0 Å². The molecular formula is C17H27NOS. The Balaban J connectivity index is 2.00. The number of rotatable bonds is 6. The Hall–Kier alpha value is -0.510. The highest BCUT2D eigenvalue weighted by Gasteiger charge is 2.23. The molecular weight excluding hydrogens is 266 g/mol. The van der Waals surface area contributed by atoms with Crippen LogP contribution in [0.2, 0.25) is 0 Å². The first-order chi connectivity index (χ1) is 9.70. The maximum Gasteiger partial charge on any atom is 0.0476 e. The molecule has 1 fully saturated rings. The van der Waals surface area contributed by atoms with Crippen LogP contribution in [0.25, 0.3) is 0 Å². The molecule has 112 valence electrons. The van der Waals surface area contributed by atoms with Crippen LogP contribution in [0.4, 0.5) is 0 Å². The van der Waals surface area contributed by atoms with Gasteiger partial charge in [0.1, 0.15) is 0 Å². The first-order valence-electron chi connectivity index (χ1n) is 7.74. The average molecular weight is 293 g/mol. The maximum absolute atomic E-state index is 5.46. The Kier molecular flexibility index (Phi) is 6.40. The van der Waals surface area contributed by atoms with Gasteiger partial charge in [0.05, 0.1) is 0 Å². The zero-order valence-corrected chi connectivity index (χ0v) is 13.7. The molecule has 0 bridgehead atoms. The van der Waals surface area contributed by atoms with Crippen LogP contribution in [0.5, 0.6) is 0 Å². The molecule has 2 atom stereocenters. The lowest BCUT2D eigenvalue weighted by Gasteiger charge is -2.30. The summed E-state index contributed by atoms with van der Waals surface area (Å²) >= 11 is 2.13. The van der Waals surface area contributed by atoms with Crippen molar-refractivity contribution >= 4 is 11.8 Å². The molecule has 1 saturated heterocycles. The minimum absolute atomic E-state index is 0.438. The summed E-state index contributed by atoms with van der Waals surface area (Å²) in [7, 11) is 0. The third-order valence-corrected chi connectivity index (χ3v) is 5.46. The average Bonchev–Trinajstić information content (AvgIpc) is 2.47. The summed E-state index contributed by atoms with van der Waals surface area (Å²) in [5, 5.41) is 4.99. The Morgan fingerprint density at radius 2 is 1.90 bits per heavy atom. The Labute approximate surface area is 127 Å². The summed E-state index contributed by atoms with van der Waals surface area (Å²) < 4.78 is 5.46. The predicted octanol–water partition coefficient (Wildman–Crippen LogP) is 3.95. The van der Waals surface area contributed by atoms with Crippen LogP contribution in [0.3, 0.4) is 0 Å². The van der Waals surface area contributed by atoms with Crippen LogP contribution < -0.4 is 5.32 Å². The van der Waals surface area contributed by atoms with Gasteiger partial charge >= 0.3 is 0 Å². The molecule has 2 unspecified atom stereocenters. The zero-order chi connectivity index (χ0) is 14.4. The van der Waals surface area contributed by atoms with E-state index in [1.807, 2.05) is 0 Å². The smallest absolute Gasteiger partial charge is 0.0476 e. The maximum atomic E-state index is 5.46. The van der Waals surface area contributed by atoms with E-state index in [0.717, 1.165) is 25.0 Å². The van der Waals surface area contributed by atoms with Gasteiger partial charge in [0, 0.05) is 29.8 Å². The molecule has 1 aliphatic rings. The third kappa shape index (κ3) is 4.51. The minimum Gasteiger partial charge on any atom is -0.381 e. The van der Waals surface area contributed by atoms with Crippen LogP contribution >= 0.6 is 11.8 Å². The fourth-order valence-electron chi connectivity index (χ4n) is 2.74. The van der Waals surface area contributed by atoms with E-state index in [4.69, 9.17) is 4.74 Å². The molecule has 3 heteroatoms. The Morgan fingerprint density at radius 1 is 1.25 bits per heavy atom.